The molecule has 2 aliphatic rings. The number of aromatic nitrogens is 3. The van der Waals surface area contributed by atoms with Gasteiger partial charge in [0, 0.05) is 10.7 Å². The second-order valence-electron chi connectivity index (χ2n) is 7.74. The van der Waals surface area contributed by atoms with Crippen molar-refractivity contribution in [1.29, 1.82) is 0 Å². The van der Waals surface area contributed by atoms with Crippen LogP contribution in [0.5, 0.6) is 0 Å². The van der Waals surface area contributed by atoms with Gasteiger partial charge >= 0.3 is 0 Å². The summed E-state index contributed by atoms with van der Waals surface area (Å²) >= 11 is 6.06. The first-order chi connectivity index (χ1) is 16.1. The lowest BCUT2D eigenvalue weighted by Gasteiger charge is -2.24. The fourth-order valence-corrected chi connectivity index (χ4v) is 4.26. The van der Waals surface area contributed by atoms with Crippen LogP contribution in [0, 0.1) is 0 Å². The van der Waals surface area contributed by atoms with Crippen molar-refractivity contribution in [3.05, 3.63) is 112 Å². The molecule has 0 spiro atoms. The van der Waals surface area contributed by atoms with E-state index in [0.717, 1.165) is 21.7 Å². The average Bonchev–Trinajstić information content (AvgIpc) is 3.38. The Morgan fingerprint density at radius 3 is 2.12 bits per heavy atom. The van der Waals surface area contributed by atoms with Crippen molar-refractivity contribution in [2.75, 3.05) is 10.2 Å². The summed E-state index contributed by atoms with van der Waals surface area (Å²) in [5, 5.41) is 8.51. The van der Waals surface area contributed by atoms with Gasteiger partial charge in [-0.25, -0.2) is 9.58 Å². The first kappa shape index (κ1) is 19.5. The standard InChI is InChI=1S/C25H16ClN5O2/c26-17-12-10-15(11-13-17)20-14-21(16-6-2-1-3-7-16)31-24(27-20)28-25(29-31)30-22(32)18-8-4-5-9-19(18)23(30)33/h1-14,21H,(H,27,28,29). The SMILES string of the molecule is O=C1c2ccccc2C(=O)N1c1nc2n(n1)C(c1ccccc1)C=C(c1ccc(Cl)cc1)N2. The number of hydrogen-bond donors (Lipinski definition) is 1. The third-order valence-corrected chi connectivity index (χ3v) is 6.00. The van der Waals surface area contributed by atoms with E-state index in [2.05, 4.69) is 15.4 Å². The molecule has 1 N–H and O–H groups in total. The molecule has 4 aromatic rings. The van der Waals surface area contributed by atoms with Crippen LogP contribution in [0.1, 0.15) is 37.9 Å². The van der Waals surface area contributed by atoms with Gasteiger partial charge in [0.1, 0.15) is 6.04 Å². The van der Waals surface area contributed by atoms with Gasteiger partial charge in [0.2, 0.25) is 5.95 Å². The second-order valence-corrected chi connectivity index (χ2v) is 8.18. The molecule has 3 heterocycles. The Morgan fingerprint density at radius 2 is 1.45 bits per heavy atom. The number of nitrogens with one attached hydrogen (secondary N) is 1. The van der Waals surface area contributed by atoms with Gasteiger partial charge in [-0.15, -0.1) is 5.10 Å². The van der Waals surface area contributed by atoms with E-state index in [1.165, 1.54) is 0 Å². The van der Waals surface area contributed by atoms with E-state index in [-0.39, 0.29) is 12.0 Å². The van der Waals surface area contributed by atoms with E-state index < -0.39 is 11.8 Å². The van der Waals surface area contributed by atoms with Crippen LogP contribution in [0.2, 0.25) is 5.02 Å². The molecule has 33 heavy (non-hydrogen) atoms. The lowest BCUT2D eigenvalue weighted by molar-refractivity contribution is 0.0924. The summed E-state index contributed by atoms with van der Waals surface area (Å²) in [4.78, 5) is 31.5. The maximum absolute atomic E-state index is 13.0. The maximum Gasteiger partial charge on any atom is 0.268 e. The number of allylic oxidation sites excluding steroid dienone is 1. The van der Waals surface area contributed by atoms with Gasteiger partial charge in [0.25, 0.3) is 17.8 Å². The normalized spacial score (nSPS) is 16.8. The number of amides is 2. The van der Waals surface area contributed by atoms with Crippen molar-refractivity contribution in [2.45, 2.75) is 6.04 Å². The van der Waals surface area contributed by atoms with Gasteiger partial charge in [0.05, 0.1) is 11.1 Å². The van der Waals surface area contributed by atoms with Crippen LogP contribution in [0.3, 0.4) is 0 Å². The summed E-state index contributed by atoms with van der Waals surface area (Å²) in [5.41, 5.74) is 3.45. The van der Waals surface area contributed by atoms with E-state index in [4.69, 9.17) is 11.6 Å². The molecule has 0 bridgehead atoms. The Balaban J connectivity index is 1.45. The van der Waals surface area contributed by atoms with Gasteiger partial charge < -0.3 is 5.32 Å². The van der Waals surface area contributed by atoms with Crippen molar-refractivity contribution in [3.8, 4) is 0 Å². The third-order valence-electron chi connectivity index (χ3n) is 5.74. The van der Waals surface area contributed by atoms with Crippen LogP contribution in [0.15, 0.2) is 84.9 Å². The van der Waals surface area contributed by atoms with Crippen LogP contribution in [0.4, 0.5) is 11.9 Å². The predicted molar refractivity (Wildman–Crippen MR) is 125 cm³/mol. The summed E-state index contributed by atoms with van der Waals surface area (Å²) in [6.45, 7) is 0. The molecule has 0 radical (unpaired) electrons. The summed E-state index contributed by atoms with van der Waals surface area (Å²) in [6.07, 6.45) is 2.03. The van der Waals surface area contributed by atoms with Crippen LogP contribution in [0.25, 0.3) is 5.70 Å². The molecule has 160 valence electrons. The van der Waals surface area contributed by atoms with Crippen molar-refractivity contribution >= 4 is 41.0 Å². The Labute approximate surface area is 193 Å². The molecule has 1 unspecified atom stereocenters. The number of nitrogens with zero attached hydrogens (tertiary/aromatic N) is 4. The minimum Gasteiger partial charge on any atom is -0.324 e. The molecule has 2 amide bonds. The zero-order valence-corrected chi connectivity index (χ0v) is 17.9. The van der Waals surface area contributed by atoms with Crippen LogP contribution in [-0.4, -0.2) is 26.6 Å². The monoisotopic (exact) mass is 453 g/mol. The minimum atomic E-state index is -0.430. The Hall–Kier alpha value is -4.23. The molecular weight excluding hydrogens is 438 g/mol. The minimum absolute atomic E-state index is 0.0374. The number of hydrogen-bond acceptors (Lipinski definition) is 5. The van der Waals surface area contributed by atoms with Gasteiger partial charge in [-0.1, -0.05) is 66.2 Å². The number of rotatable bonds is 3. The number of carbonyl (C=O) groups excluding carboxylic acids is 2. The summed E-state index contributed by atoms with van der Waals surface area (Å²) in [7, 11) is 0. The third kappa shape index (κ3) is 3.13. The number of carbonyl (C=O) groups is 2. The molecule has 1 aromatic heterocycles. The number of imide groups is 1. The Kier molecular flexibility index (Phi) is 4.38. The molecule has 6 rings (SSSR count). The highest BCUT2D eigenvalue weighted by Crippen LogP contribution is 2.35. The summed E-state index contributed by atoms with van der Waals surface area (Å²) in [5.74, 6) is -0.389. The van der Waals surface area contributed by atoms with Gasteiger partial charge in [-0.05, 0) is 41.5 Å². The smallest absolute Gasteiger partial charge is 0.268 e. The van der Waals surface area contributed by atoms with E-state index in [1.54, 1.807) is 28.9 Å². The molecule has 2 aliphatic heterocycles. The number of halogens is 1. The Morgan fingerprint density at radius 1 is 0.818 bits per heavy atom. The van der Waals surface area contributed by atoms with Gasteiger partial charge in [-0.2, -0.15) is 4.98 Å². The molecule has 0 aliphatic carbocycles. The lowest BCUT2D eigenvalue weighted by Crippen LogP contribution is -2.30. The number of fused-ring (bicyclic) bond motifs is 2. The summed E-state index contributed by atoms with van der Waals surface area (Å²) in [6, 6.07) is 23.8. The lowest BCUT2D eigenvalue weighted by atomic mass is 10.0. The topological polar surface area (TPSA) is 80.1 Å². The first-order valence-corrected chi connectivity index (χ1v) is 10.7. The predicted octanol–water partition coefficient (Wildman–Crippen LogP) is 4.79. The van der Waals surface area contributed by atoms with Crippen molar-refractivity contribution in [3.63, 3.8) is 0 Å². The highest BCUT2D eigenvalue weighted by atomic mass is 35.5. The van der Waals surface area contributed by atoms with E-state index >= 15 is 0 Å². The Bertz CT molecular complexity index is 1410. The van der Waals surface area contributed by atoms with E-state index in [1.807, 2.05) is 60.7 Å². The van der Waals surface area contributed by atoms with Crippen LogP contribution < -0.4 is 10.2 Å². The molecule has 1 atom stereocenters. The zero-order valence-electron chi connectivity index (χ0n) is 17.1. The number of anilines is 2. The maximum atomic E-state index is 13.0. The molecule has 0 fully saturated rings. The molecule has 3 aromatic carbocycles. The molecule has 7 nitrogen and oxygen atoms in total. The van der Waals surface area contributed by atoms with Gasteiger partial charge in [-0.3, -0.25) is 9.59 Å². The highest BCUT2D eigenvalue weighted by Gasteiger charge is 2.40. The molecular formula is C25H16ClN5O2. The molecule has 0 saturated carbocycles. The van der Waals surface area contributed by atoms with Crippen molar-refractivity contribution < 1.29 is 9.59 Å². The number of benzene rings is 3. The fourth-order valence-electron chi connectivity index (χ4n) is 4.13. The van der Waals surface area contributed by atoms with E-state index in [0.29, 0.717) is 22.1 Å². The van der Waals surface area contributed by atoms with E-state index in [9.17, 15) is 9.59 Å². The van der Waals surface area contributed by atoms with Crippen molar-refractivity contribution in [2.24, 2.45) is 0 Å². The average molecular weight is 454 g/mol. The first-order valence-electron chi connectivity index (χ1n) is 10.3. The summed E-state index contributed by atoms with van der Waals surface area (Å²) < 4.78 is 1.69. The molecule has 0 saturated heterocycles. The van der Waals surface area contributed by atoms with Crippen LogP contribution >= 0.6 is 11.6 Å². The van der Waals surface area contributed by atoms with Gasteiger partial charge in [0.15, 0.2) is 0 Å². The largest absolute Gasteiger partial charge is 0.324 e. The quantitative estimate of drug-likeness (QED) is 0.451. The fraction of sp³-hybridized carbons (Fsp3) is 0.0400. The van der Waals surface area contributed by atoms with Crippen molar-refractivity contribution in [1.82, 2.24) is 14.8 Å². The second kappa shape index (κ2) is 7.43. The molecule has 8 heteroatoms. The highest BCUT2D eigenvalue weighted by molar-refractivity contribution is 6.33. The zero-order chi connectivity index (χ0) is 22.5. The van der Waals surface area contributed by atoms with Crippen LogP contribution in [-0.2, 0) is 0 Å².